The first-order valence-electron chi connectivity index (χ1n) is 6.61. The molecule has 1 aromatic rings. The molecule has 0 amide bonds. The third kappa shape index (κ3) is 2.26. The average Bonchev–Trinajstić information content (AvgIpc) is 3.06. The number of hydrogen-bond acceptors (Lipinski definition) is 3. The van der Waals surface area contributed by atoms with E-state index in [1.165, 1.54) is 36.8 Å². The summed E-state index contributed by atoms with van der Waals surface area (Å²) in [6, 6.07) is 6.75. The van der Waals surface area contributed by atoms with Crippen LogP contribution in [-0.4, -0.2) is 11.9 Å². The van der Waals surface area contributed by atoms with E-state index in [9.17, 15) is 0 Å². The Morgan fingerprint density at radius 3 is 2.78 bits per heavy atom. The quantitative estimate of drug-likeness (QED) is 0.362. The van der Waals surface area contributed by atoms with E-state index in [-0.39, 0.29) is 0 Å². The zero-order valence-electron chi connectivity index (χ0n) is 10.5. The summed E-state index contributed by atoms with van der Waals surface area (Å²) in [5.41, 5.74) is 6.33. The lowest BCUT2D eigenvalue weighted by Crippen LogP contribution is -2.32. The maximum atomic E-state index is 5.62. The average molecular weight is 245 g/mol. The second-order valence-electron chi connectivity index (χ2n) is 5.04. The van der Waals surface area contributed by atoms with Gasteiger partial charge in [-0.15, -0.1) is 0 Å². The fourth-order valence-electron chi connectivity index (χ4n) is 2.73. The largest absolute Gasteiger partial charge is 0.372 e. The van der Waals surface area contributed by atoms with Crippen molar-refractivity contribution in [2.24, 2.45) is 10.8 Å². The van der Waals surface area contributed by atoms with Gasteiger partial charge in [-0.3, -0.25) is 4.99 Å². The van der Waals surface area contributed by atoms with Crippen molar-refractivity contribution in [3.05, 3.63) is 34.9 Å². The fraction of sp³-hybridized carbons (Fsp3) is 0.500. The number of ether oxygens (including phenoxy) is 1. The third-order valence-electron chi connectivity index (χ3n) is 3.77. The van der Waals surface area contributed by atoms with Crippen molar-refractivity contribution in [3.8, 4) is 0 Å². The summed E-state index contributed by atoms with van der Waals surface area (Å²) in [4.78, 5) is 4.73. The number of nitrogens with zero attached hydrogens (tertiary/aromatic N) is 1. The molecule has 0 spiro atoms. The van der Waals surface area contributed by atoms with Crippen molar-refractivity contribution in [3.63, 3.8) is 0 Å². The van der Waals surface area contributed by atoms with Gasteiger partial charge in [-0.25, -0.2) is 5.84 Å². The number of rotatable bonds is 2. The Hall–Kier alpha value is -1.39. The first-order chi connectivity index (χ1) is 8.86. The third-order valence-corrected chi connectivity index (χ3v) is 3.77. The van der Waals surface area contributed by atoms with Gasteiger partial charge in [0.15, 0.2) is 0 Å². The molecule has 0 aromatic heterocycles. The normalized spacial score (nSPS) is 20.2. The zero-order chi connectivity index (χ0) is 12.4. The second kappa shape index (κ2) is 5.08. The van der Waals surface area contributed by atoms with Crippen molar-refractivity contribution in [2.45, 2.75) is 44.9 Å². The van der Waals surface area contributed by atoms with Gasteiger partial charge in [0.05, 0.1) is 19.3 Å². The maximum absolute atomic E-state index is 5.62. The highest BCUT2D eigenvalue weighted by Gasteiger charge is 2.17. The molecule has 3 N–H and O–H groups in total. The molecule has 1 aromatic carbocycles. The van der Waals surface area contributed by atoms with Gasteiger partial charge in [-0.1, -0.05) is 25.0 Å². The molecule has 0 saturated heterocycles. The van der Waals surface area contributed by atoms with Crippen LogP contribution in [0.2, 0.25) is 0 Å². The summed E-state index contributed by atoms with van der Waals surface area (Å²) in [5, 5.41) is 0. The van der Waals surface area contributed by atoms with Crippen LogP contribution in [0.15, 0.2) is 23.2 Å². The molecule has 1 heterocycles. The van der Waals surface area contributed by atoms with E-state index in [2.05, 4.69) is 23.6 Å². The van der Waals surface area contributed by atoms with E-state index in [1.54, 1.807) is 0 Å². The summed E-state index contributed by atoms with van der Waals surface area (Å²) in [6.45, 7) is 1.42. The Balaban J connectivity index is 1.86. The number of hydrogen-bond donors (Lipinski definition) is 2. The van der Waals surface area contributed by atoms with Crippen LogP contribution >= 0.6 is 0 Å². The molecule has 1 fully saturated rings. The van der Waals surface area contributed by atoms with Crippen LogP contribution < -0.4 is 11.3 Å². The fourth-order valence-corrected chi connectivity index (χ4v) is 2.73. The smallest absolute Gasteiger partial charge is 0.142 e. The minimum absolute atomic E-state index is 0.431. The van der Waals surface area contributed by atoms with Crippen molar-refractivity contribution < 1.29 is 4.74 Å². The van der Waals surface area contributed by atoms with Crippen LogP contribution in [0.1, 0.15) is 42.4 Å². The molecular formula is C14H19N3O. The molecule has 1 aliphatic heterocycles. The SMILES string of the molecule is NNC(=NC1CCCC1)c1ccc2c(c1)COC2. The van der Waals surface area contributed by atoms with Crippen LogP contribution in [0.5, 0.6) is 0 Å². The highest BCUT2D eigenvalue weighted by atomic mass is 16.5. The Kier molecular flexibility index (Phi) is 3.30. The van der Waals surface area contributed by atoms with E-state index >= 15 is 0 Å². The van der Waals surface area contributed by atoms with Gasteiger partial charge in [0.25, 0.3) is 0 Å². The van der Waals surface area contributed by atoms with Crippen molar-refractivity contribution in [2.75, 3.05) is 0 Å². The lowest BCUT2D eigenvalue weighted by atomic mass is 10.1. The molecule has 0 radical (unpaired) electrons. The van der Waals surface area contributed by atoms with Crippen LogP contribution in [-0.2, 0) is 18.0 Å². The molecule has 0 atom stereocenters. The number of nitrogens with one attached hydrogen (secondary N) is 1. The number of hydrazine groups is 1. The first-order valence-corrected chi connectivity index (χ1v) is 6.61. The summed E-state index contributed by atoms with van der Waals surface area (Å²) < 4.78 is 5.43. The lowest BCUT2D eigenvalue weighted by Gasteiger charge is -2.10. The van der Waals surface area contributed by atoms with Gasteiger partial charge in [-0.05, 0) is 30.0 Å². The number of amidine groups is 1. The zero-order valence-corrected chi connectivity index (χ0v) is 10.5. The Labute approximate surface area is 107 Å². The van der Waals surface area contributed by atoms with E-state index in [0.717, 1.165) is 18.0 Å². The Morgan fingerprint density at radius 2 is 2.00 bits per heavy atom. The number of fused-ring (bicyclic) bond motifs is 1. The number of aliphatic imine (C=N–C) groups is 1. The van der Waals surface area contributed by atoms with Gasteiger partial charge in [0.2, 0.25) is 0 Å². The predicted octanol–water partition coefficient (Wildman–Crippen LogP) is 1.87. The lowest BCUT2D eigenvalue weighted by molar-refractivity contribution is 0.134. The minimum Gasteiger partial charge on any atom is -0.372 e. The summed E-state index contributed by atoms with van der Waals surface area (Å²) in [5.74, 6) is 6.42. The predicted molar refractivity (Wildman–Crippen MR) is 71.1 cm³/mol. The van der Waals surface area contributed by atoms with Crippen LogP contribution in [0.4, 0.5) is 0 Å². The molecule has 96 valence electrons. The highest BCUT2D eigenvalue weighted by Crippen LogP contribution is 2.23. The summed E-state index contributed by atoms with van der Waals surface area (Å²) >= 11 is 0. The van der Waals surface area contributed by atoms with Crippen molar-refractivity contribution >= 4 is 5.84 Å². The summed E-state index contributed by atoms with van der Waals surface area (Å²) in [6.07, 6.45) is 4.92. The van der Waals surface area contributed by atoms with Crippen LogP contribution in [0, 0.1) is 0 Å². The highest BCUT2D eigenvalue weighted by molar-refractivity contribution is 5.98. The molecule has 1 saturated carbocycles. The number of nitrogens with two attached hydrogens (primary N) is 1. The molecule has 3 rings (SSSR count). The Morgan fingerprint density at radius 1 is 1.22 bits per heavy atom. The van der Waals surface area contributed by atoms with Gasteiger partial charge >= 0.3 is 0 Å². The molecule has 0 unspecified atom stereocenters. The number of benzene rings is 1. The first kappa shape index (κ1) is 11.7. The van der Waals surface area contributed by atoms with E-state index in [1.807, 2.05) is 0 Å². The van der Waals surface area contributed by atoms with E-state index in [4.69, 9.17) is 15.6 Å². The maximum Gasteiger partial charge on any atom is 0.142 e. The van der Waals surface area contributed by atoms with Crippen LogP contribution in [0.3, 0.4) is 0 Å². The monoisotopic (exact) mass is 245 g/mol. The van der Waals surface area contributed by atoms with Gasteiger partial charge in [0.1, 0.15) is 5.84 Å². The van der Waals surface area contributed by atoms with Gasteiger partial charge < -0.3 is 10.2 Å². The van der Waals surface area contributed by atoms with Crippen molar-refractivity contribution in [1.29, 1.82) is 0 Å². The standard InChI is InChI=1S/C14H19N3O/c15-17-14(16-13-3-1-2-4-13)10-5-6-11-8-18-9-12(11)7-10/h5-7,13H,1-4,8-9,15H2,(H,16,17). The van der Waals surface area contributed by atoms with Gasteiger partial charge in [0, 0.05) is 5.56 Å². The topological polar surface area (TPSA) is 59.6 Å². The van der Waals surface area contributed by atoms with Crippen molar-refractivity contribution in [1.82, 2.24) is 5.43 Å². The summed E-state index contributed by atoms with van der Waals surface area (Å²) in [7, 11) is 0. The second-order valence-corrected chi connectivity index (χ2v) is 5.04. The van der Waals surface area contributed by atoms with Crippen LogP contribution in [0.25, 0.3) is 0 Å². The molecule has 18 heavy (non-hydrogen) atoms. The molecular weight excluding hydrogens is 226 g/mol. The molecule has 4 nitrogen and oxygen atoms in total. The van der Waals surface area contributed by atoms with E-state index in [0.29, 0.717) is 12.6 Å². The van der Waals surface area contributed by atoms with E-state index < -0.39 is 0 Å². The molecule has 0 bridgehead atoms. The Bertz CT molecular complexity index is 464. The minimum atomic E-state index is 0.431. The molecule has 2 aliphatic rings. The van der Waals surface area contributed by atoms with Gasteiger partial charge in [-0.2, -0.15) is 0 Å². The molecule has 4 heteroatoms. The molecule has 1 aliphatic carbocycles.